The third-order valence-electron chi connectivity index (χ3n) is 5.55. The lowest BCUT2D eigenvalue weighted by atomic mass is 9.96. The maximum Gasteiger partial charge on any atom is 0.256 e. The van der Waals surface area contributed by atoms with Crippen molar-refractivity contribution in [3.63, 3.8) is 0 Å². The van der Waals surface area contributed by atoms with Crippen molar-refractivity contribution in [2.75, 3.05) is 18.0 Å². The number of hydrogen-bond donors (Lipinski definition) is 0. The van der Waals surface area contributed by atoms with Crippen molar-refractivity contribution in [1.29, 1.82) is 0 Å². The molecule has 0 N–H and O–H groups in total. The molecule has 0 amide bonds. The van der Waals surface area contributed by atoms with Crippen LogP contribution in [0.2, 0.25) is 0 Å². The number of anilines is 1. The molecule has 0 spiro atoms. The molecular weight excluding hydrogens is 314 g/mol. The van der Waals surface area contributed by atoms with Crippen LogP contribution in [0.1, 0.15) is 48.6 Å². The Labute approximate surface area is 148 Å². The van der Waals surface area contributed by atoms with Gasteiger partial charge in [-0.25, -0.2) is 9.97 Å². The summed E-state index contributed by atoms with van der Waals surface area (Å²) in [4.78, 5) is 28.3. The second-order valence-electron chi connectivity index (χ2n) is 7.38. The Morgan fingerprint density at radius 3 is 2.48 bits per heavy atom. The quantitative estimate of drug-likeness (QED) is 0.856. The first-order valence-corrected chi connectivity index (χ1v) is 9.22. The average Bonchev–Trinajstić information content (AvgIpc) is 3.48. The fraction of sp³-hybridized carbons (Fsp3) is 0.579. The lowest BCUT2D eigenvalue weighted by Crippen LogP contribution is -2.37. The van der Waals surface area contributed by atoms with Crippen LogP contribution >= 0.6 is 0 Å². The van der Waals surface area contributed by atoms with Gasteiger partial charge in [0, 0.05) is 49.2 Å². The molecule has 132 valence electrons. The summed E-state index contributed by atoms with van der Waals surface area (Å²) in [5, 5.41) is 0. The van der Waals surface area contributed by atoms with Gasteiger partial charge in [0.2, 0.25) is 0 Å². The van der Waals surface area contributed by atoms with Gasteiger partial charge in [0.15, 0.2) is 5.82 Å². The lowest BCUT2D eigenvalue weighted by Gasteiger charge is -2.33. The van der Waals surface area contributed by atoms with E-state index in [0.29, 0.717) is 11.8 Å². The highest BCUT2D eigenvalue weighted by Gasteiger charge is 2.31. The SMILES string of the molecule is Cc1ncn(CC2CCN(c3nccnc3C3CC3)CC2)c(=O)c1C. The molecule has 1 saturated heterocycles. The van der Waals surface area contributed by atoms with E-state index in [1.165, 1.54) is 18.5 Å². The van der Waals surface area contributed by atoms with Crippen molar-refractivity contribution in [3.05, 3.63) is 46.0 Å². The van der Waals surface area contributed by atoms with Crippen LogP contribution < -0.4 is 10.5 Å². The second-order valence-corrected chi connectivity index (χ2v) is 7.38. The first-order valence-electron chi connectivity index (χ1n) is 9.22. The van der Waals surface area contributed by atoms with Gasteiger partial charge in [-0.1, -0.05) is 0 Å². The summed E-state index contributed by atoms with van der Waals surface area (Å²) in [7, 11) is 0. The van der Waals surface area contributed by atoms with Crippen LogP contribution in [0, 0.1) is 19.8 Å². The largest absolute Gasteiger partial charge is 0.355 e. The zero-order valence-corrected chi connectivity index (χ0v) is 15.0. The highest BCUT2D eigenvalue weighted by molar-refractivity contribution is 5.46. The number of hydrogen-bond acceptors (Lipinski definition) is 5. The molecule has 0 radical (unpaired) electrons. The van der Waals surface area contributed by atoms with Gasteiger partial charge in [-0.15, -0.1) is 0 Å². The minimum atomic E-state index is 0.0971. The molecular formula is C19H25N5O. The summed E-state index contributed by atoms with van der Waals surface area (Å²) in [6, 6.07) is 0. The van der Waals surface area contributed by atoms with Crippen LogP contribution in [0.5, 0.6) is 0 Å². The number of aromatic nitrogens is 4. The molecule has 25 heavy (non-hydrogen) atoms. The highest BCUT2D eigenvalue weighted by Crippen LogP contribution is 2.42. The molecule has 1 aliphatic carbocycles. The van der Waals surface area contributed by atoms with E-state index < -0.39 is 0 Å². The molecule has 0 bridgehead atoms. The van der Waals surface area contributed by atoms with Gasteiger partial charge in [0.25, 0.3) is 5.56 Å². The van der Waals surface area contributed by atoms with Gasteiger partial charge in [-0.2, -0.15) is 0 Å². The molecule has 2 aromatic rings. The second kappa shape index (κ2) is 6.58. The molecule has 3 heterocycles. The van der Waals surface area contributed by atoms with Crippen molar-refractivity contribution in [3.8, 4) is 0 Å². The number of rotatable bonds is 4. The average molecular weight is 339 g/mol. The third kappa shape index (κ3) is 3.30. The molecule has 2 fully saturated rings. The van der Waals surface area contributed by atoms with Crippen LogP contribution in [-0.2, 0) is 6.54 Å². The Morgan fingerprint density at radius 1 is 1.04 bits per heavy atom. The maximum absolute atomic E-state index is 12.4. The molecule has 6 nitrogen and oxygen atoms in total. The van der Waals surface area contributed by atoms with E-state index in [4.69, 9.17) is 0 Å². The standard InChI is InChI=1S/C19H25N5O/c1-13-14(2)22-12-24(19(13)25)11-15-5-9-23(10-6-15)18-17(16-3-4-16)20-7-8-21-18/h7-8,12,15-16H,3-6,9-11H2,1-2H3. The van der Waals surface area contributed by atoms with Crippen LogP contribution in [0.3, 0.4) is 0 Å². The van der Waals surface area contributed by atoms with Gasteiger partial charge in [-0.05, 0) is 45.4 Å². The van der Waals surface area contributed by atoms with E-state index in [9.17, 15) is 4.79 Å². The minimum absolute atomic E-state index is 0.0971. The zero-order valence-electron chi connectivity index (χ0n) is 15.0. The summed E-state index contributed by atoms with van der Waals surface area (Å²) >= 11 is 0. The summed E-state index contributed by atoms with van der Waals surface area (Å²) in [5.74, 6) is 2.20. The van der Waals surface area contributed by atoms with Gasteiger partial charge >= 0.3 is 0 Å². The molecule has 0 aromatic carbocycles. The lowest BCUT2D eigenvalue weighted by molar-refractivity contribution is 0.349. The topological polar surface area (TPSA) is 63.9 Å². The van der Waals surface area contributed by atoms with E-state index in [-0.39, 0.29) is 5.56 Å². The molecule has 1 aliphatic heterocycles. The van der Waals surface area contributed by atoms with Crippen molar-refractivity contribution in [2.24, 2.45) is 5.92 Å². The Morgan fingerprint density at radius 2 is 1.76 bits per heavy atom. The predicted octanol–water partition coefficient (Wildman–Crippen LogP) is 2.44. The van der Waals surface area contributed by atoms with Gasteiger partial charge in [0.05, 0.1) is 12.0 Å². The summed E-state index contributed by atoms with van der Waals surface area (Å²) < 4.78 is 1.78. The molecule has 0 unspecified atom stereocenters. The fourth-order valence-electron chi connectivity index (χ4n) is 3.64. The molecule has 2 aliphatic rings. The summed E-state index contributed by atoms with van der Waals surface area (Å²) in [6.07, 6.45) is 9.93. The van der Waals surface area contributed by atoms with Crippen molar-refractivity contribution in [2.45, 2.75) is 52.0 Å². The molecule has 6 heteroatoms. The zero-order chi connectivity index (χ0) is 17.4. The van der Waals surface area contributed by atoms with Crippen molar-refractivity contribution >= 4 is 5.82 Å². The van der Waals surface area contributed by atoms with Crippen LogP contribution in [0.25, 0.3) is 0 Å². The van der Waals surface area contributed by atoms with E-state index in [0.717, 1.165) is 49.6 Å². The molecule has 1 saturated carbocycles. The van der Waals surface area contributed by atoms with E-state index in [2.05, 4.69) is 19.9 Å². The van der Waals surface area contributed by atoms with Crippen molar-refractivity contribution < 1.29 is 0 Å². The maximum atomic E-state index is 12.4. The Bertz CT molecular complexity index is 819. The van der Waals surface area contributed by atoms with Crippen molar-refractivity contribution in [1.82, 2.24) is 19.5 Å². The number of aryl methyl sites for hydroxylation is 1. The Balaban J connectivity index is 1.42. The summed E-state index contributed by atoms with van der Waals surface area (Å²) in [5.41, 5.74) is 2.86. The van der Waals surface area contributed by atoms with Gasteiger partial charge in [0.1, 0.15) is 0 Å². The van der Waals surface area contributed by atoms with Crippen LogP contribution in [0.15, 0.2) is 23.5 Å². The fourth-order valence-corrected chi connectivity index (χ4v) is 3.64. The first-order chi connectivity index (χ1) is 12.1. The Hall–Kier alpha value is -2.24. The normalized spacial score (nSPS) is 18.6. The number of nitrogens with zero attached hydrogens (tertiary/aromatic N) is 5. The highest BCUT2D eigenvalue weighted by atomic mass is 16.1. The smallest absolute Gasteiger partial charge is 0.256 e. The third-order valence-corrected chi connectivity index (χ3v) is 5.55. The molecule has 0 atom stereocenters. The van der Waals surface area contributed by atoms with Gasteiger partial charge in [-0.3, -0.25) is 14.3 Å². The van der Waals surface area contributed by atoms with E-state index in [1.54, 1.807) is 17.1 Å². The predicted molar refractivity (Wildman–Crippen MR) is 96.9 cm³/mol. The molecule has 2 aromatic heterocycles. The van der Waals surface area contributed by atoms with E-state index in [1.807, 2.05) is 20.0 Å². The Kier molecular flexibility index (Phi) is 4.27. The van der Waals surface area contributed by atoms with Gasteiger partial charge < -0.3 is 4.90 Å². The van der Waals surface area contributed by atoms with Crippen LogP contribution in [0.4, 0.5) is 5.82 Å². The monoisotopic (exact) mass is 339 g/mol. The molecule has 4 rings (SSSR count). The number of piperidine rings is 1. The van der Waals surface area contributed by atoms with Crippen LogP contribution in [-0.4, -0.2) is 32.6 Å². The first kappa shape index (κ1) is 16.2. The minimum Gasteiger partial charge on any atom is -0.355 e. The summed E-state index contributed by atoms with van der Waals surface area (Å²) in [6.45, 7) is 6.47. The van der Waals surface area contributed by atoms with E-state index >= 15 is 0 Å².